The van der Waals surface area contributed by atoms with Crippen LogP contribution < -0.4 is 4.72 Å². The van der Waals surface area contributed by atoms with Crippen molar-refractivity contribution in [3.63, 3.8) is 0 Å². The summed E-state index contributed by atoms with van der Waals surface area (Å²) in [4.78, 5) is 0. The van der Waals surface area contributed by atoms with Crippen molar-refractivity contribution in [2.75, 3.05) is 13.6 Å². The zero-order valence-electron chi connectivity index (χ0n) is 9.12. The number of alkyl halides is 1. The Morgan fingerprint density at radius 3 is 2.21 bits per heavy atom. The molecule has 1 unspecified atom stereocenters. The van der Waals surface area contributed by atoms with Crippen LogP contribution in [0.1, 0.15) is 27.2 Å². The van der Waals surface area contributed by atoms with Gasteiger partial charge >= 0.3 is 0 Å². The summed E-state index contributed by atoms with van der Waals surface area (Å²) in [7, 11) is -1.78. The summed E-state index contributed by atoms with van der Waals surface area (Å²) in [5.74, 6) is 0. The van der Waals surface area contributed by atoms with Gasteiger partial charge in [-0.2, -0.15) is 12.7 Å². The molecule has 0 heterocycles. The van der Waals surface area contributed by atoms with Crippen molar-refractivity contribution in [1.29, 1.82) is 0 Å². The lowest BCUT2D eigenvalue weighted by atomic mass is 10.3. The molecule has 6 heteroatoms. The SMILES string of the molecule is CC(Cl)CCNS(=O)(=O)N(C)C(C)C. The maximum atomic E-state index is 11.5. The minimum absolute atomic E-state index is 0.0120. The molecular formula is C8H19ClN2O2S. The first-order valence-electron chi connectivity index (χ1n) is 4.64. The molecule has 0 fully saturated rings. The monoisotopic (exact) mass is 242 g/mol. The van der Waals surface area contributed by atoms with Crippen molar-refractivity contribution in [3.05, 3.63) is 0 Å². The van der Waals surface area contributed by atoms with Crippen molar-refractivity contribution in [2.24, 2.45) is 0 Å². The summed E-state index contributed by atoms with van der Waals surface area (Å²) in [5, 5.41) is -0.0120. The van der Waals surface area contributed by atoms with Gasteiger partial charge in [-0.15, -0.1) is 11.6 Å². The van der Waals surface area contributed by atoms with Crippen LogP contribution in [0.25, 0.3) is 0 Å². The quantitative estimate of drug-likeness (QED) is 0.711. The average Bonchev–Trinajstić information content (AvgIpc) is 2.01. The lowest BCUT2D eigenvalue weighted by Gasteiger charge is -2.21. The van der Waals surface area contributed by atoms with Crippen LogP contribution >= 0.6 is 11.6 Å². The van der Waals surface area contributed by atoms with Crippen LogP contribution in [0.2, 0.25) is 0 Å². The molecule has 0 saturated heterocycles. The van der Waals surface area contributed by atoms with Crippen LogP contribution in [0.15, 0.2) is 0 Å². The van der Waals surface area contributed by atoms with E-state index in [0.717, 1.165) is 0 Å². The Bertz CT molecular complexity index is 252. The van der Waals surface area contributed by atoms with Gasteiger partial charge in [-0.1, -0.05) is 0 Å². The topological polar surface area (TPSA) is 49.4 Å². The zero-order valence-corrected chi connectivity index (χ0v) is 10.7. The molecular weight excluding hydrogens is 224 g/mol. The molecule has 0 rings (SSSR count). The zero-order chi connectivity index (χ0) is 11.4. The van der Waals surface area contributed by atoms with E-state index < -0.39 is 10.2 Å². The maximum absolute atomic E-state index is 11.5. The Morgan fingerprint density at radius 1 is 1.36 bits per heavy atom. The lowest BCUT2D eigenvalue weighted by molar-refractivity contribution is 0.402. The number of halogens is 1. The Morgan fingerprint density at radius 2 is 1.86 bits per heavy atom. The highest BCUT2D eigenvalue weighted by molar-refractivity contribution is 7.87. The van der Waals surface area contributed by atoms with Crippen molar-refractivity contribution in [2.45, 2.75) is 38.6 Å². The van der Waals surface area contributed by atoms with Gasteiger partial charge in [-0.25, -0.2) is 4.72 Å². The number of nitrogens with zero attached hydrogens (tertiary/aromatic N) is 1. The minimum Gasteiger partial charge on any atom is -0.202 e. The number of hydrogen-bond acceptors (Lipinski definition) is 2. The summed E-state index contributed by atoms with van der Waals surface area (Å²) < 4.78 is 26.8. The molecule has 1 atom stereocenters. The second kappa shape index (κ2) is 5.90. The average molecular weight is 243 g/mol. The molecule has 0 spiro atoms. The van der Waals surface area contributed by atoms with Crippen molar-refractivity contribution < 1.29 is 8.42 Å². The Labute approximate surface area is 91.8 Å². The van der Waals surface area contributed by atoms with Gasteiger partial charge in [0.25, 0.3) is 10.2 Å². The third kappa shape index (κ3) is 5.14. The fourth-order valence-corrected chi connectivity index (χ4v) is 2.01. The number of rotatable bonds is 6. The summed E-state index contributed by atoms with van der Waals surface area (Å²) in [6.07, 6.45) is 0.632. The van der Waals surface area contributed by atoms with E-state index in [1.165, 1.54) is 4.31 Å². The fraction of sp³-hybridized carbons (Fsp3) is 1.00. The molecule has 0 radical (unpaired) electrons. The van der Waals surface area contributed by atoms with Crippen LogP contribution in [-0.2, 0) is 10.2 Å². The highest BCUT2D eigenvalue weighted by Crippen LogP contribution is 2.02. The predicted octanol–water partition coefficient (Wildman–Crippen LogP) is 1.18. The lowest BCUT2D eigenvalue weighted by Crippen LogP contribution is -2.42. The van der Waals surface area contributed by atoms with Crippen LogP contribution in [0.3, 0.4) is 0 Å². The van der Waals surface area contributed by atoms with E-state index in [1.807, 2.05) is 20.8 Å². The first-order chi connectivity index (χ1) is 6.27. The minimum atomic E-state index is -3.33. The molecule has 86 valence electrons. The Kier molecular flexibility index (Phi) is 5.97. The van der Waals surface area contributed by atoms with Gasteiger partial charge in [0.05, 0.1) is 0 Å². The van der Waals surface area contributed by atoms with Gasteiger partial charge in [0.1, 0.15) is 0 Å². The maximum Gasteiger partial charge on any atom is 0.279 e. The van der Waals surface area contributed by atoms with Gasteiger partial charge in [-0.05, 0) is 27.2 Å². The highest BCUT2D eigenvalue weighted by Gasteiger charge is 2.19. The molecule has 0 bridgehead atoms. The highest BCUT2D eigenvalue weighted by atomic mass is 35.5. The predicted molar refractivity (Wildman–Crippen MR) is 59.8 cm³/mol. The smallest absolute Gasteiger partial charge is 0.202 e. The van der Waals surface area contributed by atoms with Crippen LogP contribution in [0, 0.1) is 0 Å². The van der Waals surface area contributed by atoms with Crippen molar-refractivity contribution in [1.82, 2.24) is 9.03 Å². The molecule has 0 aliphatic carbocycles. The molecule has 1 N–H and O–H groups in total. The first-order valence-corrected chi connectivity index (χ1v) is 6.51. The Balaban J connectivity index is 4.09. The van der Waals surface area contributed by atoms with Gasteiger partial charge in [0.2, 0.25) is 0 Å². The van der Waals surface area contributed by atoms with Crippen LogP contribution in [0.4, 0.5) is 0 Å². The molecule has 0 aliphatic heterocycles. The van der Waals surface area contributed by atoms with Crippen LogP contribution in [0.5, 0.6) is 0 Å². The second-order valence-electron chi connectivity index (χ2n) is 3.58. The van der Waals surface area contributed by atoms with E-state index in [-0.39, 0.29) is 11.4 Å². The summed E-state index contributed by atoms with van der Waals surface area (Å²) in [5.41, 5.74) is 0. The van der Waals surface area contributed by atoms with E-state index in [4.69, 9.17) is 11.6 Å². The van der Waals surface area contributed by atoms with Gasteiger partial charge < -0.3 is 0 Å². The molecule has 14 heavy (non-hydrogen) atoms. The van der Waals surface area contributed by atoms with Crippen molar-refractivity contribution >= 4 is 21.8 Å². The first kappa shape index (κ1) is 14.2. The Hall–Kier alpha value is 0.160. The summed E-state index contributed by atoms with van der Waals surface area (Å²) in [6, 6.07) is -0.0408. The number of nitrogens with one attached hydrogen (secondary N) is 1. The molecule has 0 aliphatic rings. The molecule has 0 aromatic heterocycles. The molecule has 0 saturated carbocycles. The number of hydrogen-bond donors (Lipinski definition) is 1. The normalized spacial score (nSPS) is 15.1. The van der Waals surface area contributed by atoms with Crippen LogP contribution in [-0.4, -0.2) is 37.7 Å². The standard InChI is InChI=1S/C8H19ClN2O2S/c1-7(2)11(4)14(12,13)10-6-5-8(3)9/h7-8,10H,5-6H2,1-4H3. The third-order valence-corrected chi connectivity index (χ3v) is 3.90. The van der Waals surface area contributed by atoms with Crippen molar-refractivity contribution in [3.8, 4) is 0 Å². The largest absolute Gasteiger partial charge is 0.279 e. The van der Waals surface area contributed by atoms with Gasteiger partial charge in [0.15, 0.2) is 0 Å². The van der Waals surface area contributed by atoms with E-state index in [9.17, 15) is 8.42 Å². The third-order valence-electron chi connectivity index (χ3n) is 1.93. The van der Waals surface area contributed by atoms with E-state index in [0.29, 0.717) is 13.0 Å². The molecule has 0 aromatic carbocycles. The van der Waals surface area contributed by atoms with E-state index in [2.05, 4.69) is 4.72 Å². The second-order valence-corrected chi connectivity index (χ2v) is 6.14. The molecule has 4 nitrogen and oxygen atoms in total. The van der Waals surface area contributed by atoms with E-state index >= 15 is 0 Å². The fourth-order valence-electron chi connectivity index (χ4n) is 0.766. The van der Waals surface area contributed by atoms with Gasteiger partial charge in [-0.3, -0.25) is 0 Å². The molecule has 0 aromatic rings. The summed E-state index contributed by atoms with van der Waals surface area (Å²) >= 11 is 5.70. The molecule has 0 amide bonds. The van der Waals surface area contributed by atoms with Gasteiger partial charge in [0, 0.05) is 25.0 Å². The van der Waals surface area contributed by atoms with E-state index in [1.54, 1.807) is 7.05 Å². The summed E-state index contributed by atoms with van der Waals surface area (Å²) in [6.45, 7) is 5.86.